The molecular formula is C58H102O6. The summed E-state index contributed by atoms with van der Waals surface area (Å²) in [5.74, 6) is -0.905. The van der Waals surface area contributed by atoms with Crippen molar-refractivity contribution in [3.63, 3.8) is 0 Å². The van der Waals surface area contributed by atoms with Gasteiger partial charge in [0, 0.05) is 19.3 Å². The Morgan fingerprint density at radius 1 is 0.312 bits per heavy atom. The van der Waals surface area contributed by atoms with Gasteiger partial charge in [0.15, 0.2) is 6.10 Å². The van der Waals surface area contributed by atoms with Crippen LogP contribution < -0.4 is 0 Å². The molecule has 0 spiro atoms. The summed E-state index contributed by atoms with van der Waals surface area (Å²) in [6, 6.07) is 0. The predicted molar refractivity (Wildman–Crippen MR) is 275 cm³/mol. The fourth-order valence-electron chi connectivity index (χ4n) is 7.56. The van der Waals surface area contributed by atoms with Crippen LogP contribution in [0.3, 0.4) is 0 Å². The van der Waals surface area contributed by atoms with Gasteiger partial charge in [0.05, 0.1) is 0 Å². The molecule has 0 rings (SSSR count). The zero-order valence-electron chi connectivity index (χ0n) is 42.3. The Labute approximate surface area is 396 Å². The van der Waals surface area contributed by atoms with Crippen molar-refractivity contribution in [2.24, 2.45) is 0 Å². The minimum atomic E-state index is -0.785. The first-order valence-corrected chi connectivity index (χ1v) is 27.3. The van der Waals surface area contributed by atoms with E-state index in [1.54, 1.807) is 0 Å². The van der Waals surface area contributed by atoms with Gasteiger partial charge in [-0.2, -0.15) is 0 Å². The first-order chi connectivity index (χ1) is 31.5. The first-order valence-electron chi connectivity index (χ1n) is 27.3. The van der Waals surface area contributed by atoms with Gasteiger partial charge >= 0.3 is 17.9 Å². The molecule has 0 saturated carbocycles. The highest BCUT2D eigenvalue weighted by Crippen LogP contribution is 2.15. The molecule has 0 aromatic carbocycles. The standard InChI is InChI=1S/C58H102O6/c1-4-7-10-13-16-19-22-25-27-28-29-30-32-33-36-39-42-45-48-51-57(60)63-54-55(53-62-56(59)50-47-44-41-38-35-24-21-18-15-12-9-6-3)64-58(61)52-49-46-43-40-37-34-31-26-23-20-17-14-11-8-5-2/h16-21,25-27,31,55H,4-15,22-24,28-30,32-54H2,1-3H3/b19-16-,20-17-,21-18-,27-25-,31-26-. The van der Waals surface area contributed by atoms with Crippen LogP contribution in [-0.4, -0.2) is 37.2 Å². The van der Waals surface area contributed by atoms with Crippen molar-refractivity contribution in [1.82, 2.24) is 0 Å². The molecule has 0 heterocycles. The maximum Gasteiger partial charge on any atom is 0.306 e. The molecule has 370 valence electrons. The maximum atomic E-state index is 12.8. The van der Waals surface area contributed by atoms with Crippen molar-refractivity contribution in [2.45, 2.75) is 277 Å². The van der Waals surface area contributed by atoms with Gasteiger partial charge in [-0.25, -0.2) is 0 Å². The van der Waals surface area contributed by atoms with Crippen LogP contribution >= 0.6 is 0 Å². The largest absolute Gasteiger partial charge is 0.462 e. The van der Waals surface area contributed by atoms with Gasteiger partial charge in [0.2, 0.25) is 0 Å². The quantitative estimate of drug-likeness (QED) is 0.0262. The highest BCUT2D eigenvalue weighted by molar-refractivity contribution is 5.71. The Morgan fingerprint density at radius 2 is 0.562 bits per heavy atom. The summed E-state index contributed by atoms with van der Waals surface area (Å²) >= 11 is 0. The van der Waals surface area contributed by atoms with E-state index in [0.29, 0.717) is 19.3 Å². The third-order valence-corrected chi connectivity index (χ3v) is 11.7. The molecule has 0 aromatic heterocycles. The predicted octanol–water partition coefficient (Wildman–Crippen LogP) is 18.0. The van der Waals surface area contributed by atoms with E-state index in [1.807, 2.05) is 0 Å². The molecule has 1 unspecified atom stereocenters. The SMILES string of the molecule is CCCCC/C=C\C/C=C\CCCCCCCCCCCC(=O)OCC(COC(=O)CCCCCCC/C=C\CCCCC)OC(=O)CCCCCCC/C=C\C/C=C\CCCCC. The molecule has 0 N–H and O–H groups in total. The Bertz CT molecular complexity index is 1170. The number of hydrogen-bond acceptors (Lipinski definition) is 6. The van der Waals surface area contributed by atoms with E-state index in [0.717, 1.165) is 96.3 Å². The van der Waals surface area contributed by atoms with E-state index in [9.17, 15) is 14.4 Å². The van der Waals surface area contributed by atoms with Crippen LogP contribution in [0.2, 0.25) is 0 Å². The van der Waals surface area contributed by atoms with Crippen LogP contribution in [0, 0.1) is 0 Å². The molecule has 0 aliphatic carbocycles. The molecule has 0 aliphatic heterocycles. The van der Waals surface area contributed by atoms with Crippen molar-refractivity contribution in [1.29, 1.82) is 0 Å². The molecule has 6 nitrogen and oxygen atoms in total. The minimum Gasteiger partial charge on any atom is -0.462 e. The number of rotatable bonds is 49. The van der Waals surface area contributed by atoms with E-state index in [2.05, 4.69) is 81.5 Å². The summed E-state index contributed by atoms with van der Waals surface area (Å²) in [7, 11) is 0. The second kappa shape index (κ2) is 52.7. The average Bonchev–Trinajstić information content (AvgIpc) is 3.29. The second-order valence-corrected chi connectivity index (χ2v) is 18.1. The highest BCUT2D eigenvalue weighted by Gasteiger charge is 2.19. The summed E-state index contributed by atoms with van der Waals surface area (Å²) in [5.41, 5.74) is 0. The summed E-state index contributed by atoms with van der Waals surface area (Å²) in [4.78, 5) is 38.0. The summed E-state index contributed by atoms with van der Waals surface area (Å²) in [6.45, 7) is 6.55. The summed E-state index contributed by atoms with van der Waals surface area (Å²) in [5, 5.41) is 0. The molecule has 0 aromatic rings. The number of unbranched alkanes of at least 4 members (excludes halogenated alkanes) is 28. The molecular weight excluding hydrogens is 793 g/mol. The fraction of sp³-hybridized carbons (Fsp3) is 0.776. The van der Waals surface area contributed by atoms with Crippen molar-refractivity contribution in [2.75, 3.05) is 13.2 Å². The number of ether oxygens (including phenoxy) is 3. The van der Waals surface area contributed by atoms with Crippen LogP contribution in [0.1, 0.15) is 271 Å². The lowest BCUT2D eigenvalue weighted by molar-refractivity contribution is -0.167. The van der Waals surface area contributed by atoms with Gasteiger partial charge in [-0.1, -0.05) is 204 Å². The van der Waals surface area contributed by atoms with Gasteiger partial charge in [-0.3, -0.25) is 14.4 Å². The number of allylic oxidation sites excluding steroid dienone is 10. The lowest BCUT2D eigenvalue weighted by Gasteiger charge is -2.18. The normalized spacial score (nSPS) is 12.5. The average molecular weight is 895 g/mol. The van der Waals surface area contributed by atoms with Crippen LogP contribution in [0.25, 0.3) is 0 Å². The van der Waals surface area contributed by atoms with Gasteiger partial charge in [-0.05, 0) is 109 Å². The molecule has 1 atom stereocenters. The van der Waals surface area contributed by atoms with Crippen molar-refractivity contribution in [3.05, 3.63) is 60.8 Å². The van der Waals surface area contributed by atoms with E-state index >= 15 is 0 Å². The Balaban J connectivity index is 4.37. The van der Waals surface area contributed by atoms with Crippen LogP contribution in [0.5, 0.6) is 0 Å². The first kappa shape index (κ1) is 61.1. The Hall–Kier alpha value is -2.89. The number of hydrogen-bond donors (Lipinski definition) is 0. The molecule has 6 heteroatoms. The lowest BCUT2D eigenvalue weighted by Crippen LogP contribution is -2.30. The lowest BCUT2D eigenvalue weighted by atomic mass is 10.1. The zero-order chi connectivity index (χ0) is 46.5. The Morgan fingerprint density at radius 3 is 0.875 bits per heavy atom. The van der Waals surface area contributed by atoms with Crippen molar-refractivity contribution in [3.8, 4) is 0 Å². The number of carbonyl (C=O) groups excluding carboxylic acids is 3. The van der Waals surface area contributed by atoms with E-state index in [4.69, 9.17) is 14.2 Å². The maximum absolute atomic E-state index is 12.8. The zero-order valence-corrected chi connectivity index (χ0v) is 42.3. The third kappa shape index (κ3) is 50.1. The van der Waals surface area contributed by atoms with E-state index in [1.165, 1.54) is 135 Å². The molecule has 0 fully saturated rings. The van der Waals surface area contributed by atoms with E-state index in [-0.39, 0.29) is 31.1 Å². The highest BCUT2D eigenvalue weighted by atomic mass is 16.6. The van der Waals surface area contributed by atoms with Crippen LogP contribution in [0.4, 0.5) is 0 Å². The molecule has 0 saturated heterocycles. The number of carbonyl (C=O) groups is 3. The summed E-state index contributed by atoms with van der Waals surface area (Å²) in [6.07, 6.45) is 64.8. The van der Waals surface area contributed by atoms with Gasteiger partial charge in [-0.15, -0.1) is 0 Å². The molecule has 0 aliphatic rings. The van der Waals surface area contributed by atoms with Crippen molar-refractivity contribution >= 4 is 17.9 Å². The fourth-order valence-corrected chi connectivity index (χ4v) is 7.56. The Kier molecular flexibility index (Phi) is 50.4. The third-order valence-electron chi connectivity index (χ3n) is 11.7. The minimum absolute atomic E-state index is 0.0843. The second-order valence-electron chi connectivity index (χ2n) is 18.1. The molecule has 0 amide bonds. The van der Waals surface area contributed by atoms with E-state index < -0.39 is 6.10 Å². The van der Waals surface area contributed by atoms with Gasteiger partial charge in [0.1, 0.15) is 13.2 Å². The smallest absolute Gasteiger partial charge is 0.306 e. The van der Waals surface area contributed by atoms with Crippen molar-refractivity contribution < 1.29 is 28.6 Å². The monoisotopic (exact) mass is 895 g/mol. The van der Waals surface area contributed by atoms with Gasteiger partial charge < -0.3 is 14.2 Å². The molecule has 0 radical (unpaired) electrons. The van der Waals surface area contributed by atoms with Crippen LogP contribution in [0.15, 0.2) is 60.8 Å². The molecule has 0 bridgehead atoms. The summed E-state index contributed by atoms with van der Waals surface area (Å²) < 4.78 is 16.8. The number of esters is 3. The van der Waals surface area contributed by atoms with Crippen LogP contribution in [-0.2, 0) is 28.6 Å². The van der Waals surface area contributed by atoms with Gasteiger partial charge in [0.25, 0.3) is 0 Å². The topological polar surface area (TPSA) is 78.9 Å². The molecule has 64 heavy (non-hydrogen) atoms.